The van der Waals surface area contributed by atoms with E-state index in [0.717, 1.165) is 10.0 Å². The number of amides is 1. The van der Waals surface area contributed by atoms with E-state index in [-0.39, 0.29) is 6.42 Å². The van der Waals surface area contributed by atoms with Gasteiger partial charge in [-0.2, -0.15) is 0 Å². The summed E-state index contributed by atoms with van der Waals surface area (Å²) in [5.74, 6) is -0.447. The van der Waals surface area contributed by atoms with Gasteiger partial charge in [0, 0.05) is 4.47 Å². The fourth-order valence-corrected chi connectivity index (χ4v) is 4.09. The quantitative estimate of drug-likeness (QED) is 0.858. The van der Waals surface area contributed by atoms with Crippen LogP contribution in [0.15, 0.2) is 22.7 Å². The summed E-state index contributed by atoms with van der Waals surface area (Å²) in [5.41, 5.74) is 1.66. The minimum absolute atomic E-state index is 0.00993. The Morgan fingerprint density at radius 3 is 2.62 bits per heavy atom. The highest BCUT2D eigenvalue weighted by Crippen LogP contribution is 2.34. The van der Waals surface area contributed by atoms with E-state index in [1.165, 1.54) is 0 Å². The van der Waals surface area contributed by atoms with Gasteiger partial charge in [-0.15, -0.1) is 0 Å². The molecule has 86 valence electrons. The summed E-state index contributed by atoms with van der Waals surface area (Å²) in [6.07, 6.45) is -0.00993. The van der Waals surface area contributed by atoms with Crippen molar-refractivity contribution in [3.05, 3.63) is 33.8 Å². The topological polar surface area (TPSA) is 63.2 Å². The summed E-state index contributed by atoms with van der Waals surface area (Å²) in [5, 5.41) is -0.782. The van der Waals surface area contributed by atoms with Crippen molar-refractivity contribution in [2.24, 2.45) is 0 Å². The molecule has 0 spiro atoms. The summed E-state index contributed by atoms with van der Waals surface area (Å²) in [6.45, 7) is 1.92. The second-order valence-electron chi connectivity index (χ2n) is 3.79. The molecule has 1 N–H and O–H groups in total. The van der Waals surface area contributed by atoms with Gasteiger partial charge in [0.15, 0.2) is 0 Å². The van der Waals surface area contributed by atoms with Gasteiger partial charge in [0.1, 0.15) is 5.25 Å². The van der Waals surface area contributed by atoms with E-state index in [9.17, 15) is 13.2 Å². The molecule has 0 aliphatic carbocycles. The average Bonchev–Trinajstić information content (AvgIpc) is 2.39. The average molecular weight is 304 g/mol. The van der Waals surface area contributed by atoms with Gasteiger partial charge in [-0.3, -0.25) is 9.52 Å². The molecule has 16 heavy (non-hydrogen) atoms. The fourth-order valence-electron chi connectivity index (χ4n) is 1.72. The molecule has 0 aromatic heterocycles. The second-order valence-corrected chi connectivity index (χ2v) is 6.51. The third kappa shape index (κ3) is 1.99. The maximum absolute atomic E-state index is 11.7. The van der Waals surface area contributed by atoms with E-state index >= 15 is 0 Å². The van der Waals surface area contributed by atoms with Gasteiger partial charge >= 0.3 is 0 Å². The van der Waals surface area contributed by atoms with E-state index in [1.807, 2.05) is 23.8 Å². The third-order valence-corrected chi connectivity index (χ3v) is 4.87. The van der Waals surface area contributed by atoms with Crippen LogP contribution >= 0.6 is 15.9 Å². The van der Waals surface area contributed by atoms with Gasteiger partial charge in [0.2, 0.25) is 15.9 Å². The first-order chi connectivity index (χ1) is 7.40. The summed E-state index contributed by atoms with van der Waals surface area (Å²) in [4.78, 5) is 11.1. The van der Waals surface area contributed by atoms with E-state index < -0.39 is 21.2 Å². The number of hydrogen-bond acceptors (Lipinski definition) is 3. The Bertz CT molecular complexity index is 553. The Morgan fingerprint density at radius 1 is 1.44 bits per heavy atom. The Hall–Kier alpha value is -0.880. The highest BCUT2D eigenvalue weighted by atomic mass is 79.9. The standard InChI is InChI=1S/C10H10BrNO3S/c1-6-2-3-7(8(11)4-6)9-5-10(13)12-16(9,14)15/h2-4,9H,5H2,1H3,(H,12,13). The second kappa shape index (κ2) is 3.85. The van der Waals surface area contributed by atoms with E-state index in [0.29, 0.717) is 5.56 Å². The van der Waals surface area contributed by atoms with Crippen LogP contribution in [0.1, 0.15) is 22.8 Å². The number of carbonyl (C=O) groups excluding carboxylic acids is 1. The van der Waals surface area contributed by atoms with Crippen molar-refractivity contribution in [1.29, 1.82) is 0 Å². The van der Waals surface area contributed by atoms with Crippen molar-refractivity contribution in [3.8, 4) is 0 Å². The number of benzene rings is 1. The molecule has 1 atom stereocenters. The molecule has 1 amide bonds. The number of carbonyl (C=O) groups is 1. The van der Waals surface area contributed by atoms with Gasteiger partial charge in [0.05, 0.1) is 6.42 Å². The molecule has 0 saturated carbocycles. The van der Waals surface area contributed by atoms with Crippen molar-refractivity contribution in [2.75, 3.05) is 0 Å². The zero-order valence-electron chi connectivity index (χ0n) is 8.53. The van der Waals surface area contributed by atoms with E-state index in [1.54, 1.807) is 6.07 Å². The highest BCUT2D eigenvalue weighted by molar-refractivity contribution is 9.10. The predicted octanol–water partition coefficient (Wildman–Crippen LogP) is 1.65. The van der Waals surface area contributed by atoms with Crippen LogP contribution in [0.2, 0.25) is 0 Å². The van der Waals surface area contributed by atoms with Gasteiger partial charge < -0.3 is 0 Å². The molecule has 1 saturated heterocycles. The van der Waals surface area contributed by atoms with Crippen LogP contribution in [-0.2, 0) is 14.8 Å². The molecular weight excluding hydrogens is 294 g/mol. The van der Waals surface area contributed by atoms with Crippen LogP contribution in [-0.4, -0.2) is 14.3 Å². The largest absolute Gasteiger partial charge is 0.274 e. The maximum atomic E-state index is 11.7. The Labute approximate surface area is 102 Å². The lowest BCUT2D eigenvalue weighted by Crippen LogP contribution is -2.21. The Morgan fingerprint density at radius 2 is 2.12 bits per heavy atom. The van der Waals surface area contributed by atoms with Crippen LogP contribution in [0.3, 0.4) is 0 Å². The number of halogens is 1. The van der Waals surface area contributed by atoms with Crippen molar-refractivity contribution in [3.63, 3.8) is 0 Å². The van der Waals surface area contributed by atoms with Gasteiger partial charge in [-0.05, 0) is 24.1 Å². The SMILES string of the molecule is Cc1ccc(C2CC(=O)NS2(=O)=O)c(Br)c1. The van der Waals surface area contributed by atoms with E-state index in [2.05, 4.69) is 15.9 Å². The van der Waals surface area contributed by atoms with Crippen LogP contribution in [0, 0.1) is 6.92 Å². The number of hydrogen-bond donors (Lipinski definition) is 1. The smallest absolute Gasteiger partial charge is 0.242 e. The molecule has 1 aliphatic heterocycles. The number of nitrogens with one attached hydrogen (secondary N) is 1. The molecule has 0 radical (unpaired) electrons. The van der Waals surface area contributed by atoms with Crippen LogP contribution in [0.5, 0.6) is 0 Å². The van der Waals surface area contributed by atoms with Crippen molar-refractivity contribution in [2.45, 2.75) is 18.6 Å². The van der Waals surface area contributed by atoms with Crippen LogP contribution in [0.25, 0.3) is 0 Å². The zero-order valence-corrected chi connectivity index (χ0v) is 10.9. The normalized spacial score (nSPS) is 23.1. The Balaban J connectivity index is 2.49. The molecule has 0 bridgehead atoms. The third-order valence-electron chi connectivity index (χ3n) is 2.50. The number of sulfonamides is 1. The van der Waals surface area contributed by atoms with Crippen LogP contribution < -0.4 is 4.72 Å². The summed E-state index contributed by atoms with van der Waals surface area (Å²) < 4.78 is 26.0. The number of rotatable bonds is 1. The first-order valence-corrected chi connectivity index (χ1v) is 7.04. The van der Waals surface area contributed by atoms with Gasteiger partial charge in [0.25, 0.3) is 0 Å². The van der Waals surface area contributed by atoms with Crippen LogP contribution in [0.4, 0.5) is 0 Å². The molecular formula is C10H10BrNO3S. The van der Waals surface area contributed by atoms with Gasteiger partial charge in [-0.25, -0.2) is 8.42 Å². The predicted molar refractivity (Wildman–Crippen MR) is 63.3 cm³/mol. The monoisotopic (exact) mass is 303 g/mol. The molecule has 1 unspecified atom stereocenters. The lowest BCUT2D eigenvalue weighted by Gasteiger charge is -2.10. The molecule has 6 heteroatoms. The molecule has 1 heterocycles. The molecule has 4 nitrogen and oxygen atoms in total. The van der Waals surface area contributed by atoms with Crippen molar-refractivity contribution < 1.29 is 13.2 Å². The minimum atomic E-state index is -3.55. The summed E-state index contributed by atoms with van der Waals surface area (Å²) in [7, 11) is -3.55. The maximum Gasteiger partial charge on any atom is 0.242 e. The van der Waals surface area contributed by atoms with Gasteiger partial charge in [-0.1, -0.05) is 28.1 Å². The minimum Gasteiger partial charge on any atom is -0.274 e. The number of aryl methyl sites for hydroxylation is 1. The summed E-state index contributed by atoms with van der Waals surface area (Å²) >= 11 is 3.33. The summed E-state index contributed by atoms with van der Waals surface area (Å²) in [6, 6.07) is 5.41. The molecule has 1 aromatic carbocycles. The fraction of sp³-hybridized carbons (Fsp3) is 0.300. The lowest BCUT2D eigenvalue weighted by atomic mass is 10.1. The van der Waals surface area contributed by atoms with Crippen molar-refractivity contribution in [1.82, 2.24) is 4.72 Å². The first kappa shape index (κ1) is 11.6. The Kier molecular flexibility index (Phi) is 2.79. The first-order valence-electron chi connectivity index (χ1n) is 4.70. The highest BCUT2D eigenvalue weighted by Gasteiger charge is 2.38. The lowest BCUT2D eigenvalue weighted by molar-refractivity contribution is -0.118. The zero-order chi connectivity index (χ0) is 11.9. The molecule has 1 aromatic rings. The van der Waals surface area contributed by atoms with Crippen molar-refractivity contribution >= 4 is 31.9 Å². The molecule has 2 rings (SSSR count). The molecule has 1 aliphatic rings. The molecule has 1 fully saturated rings. The van der Waals surface area contributed by atoms with E-state index in [4.69, 9.17) is 0 Å².